The predicted molar refractivity (Wildman–Crippen MR) is 129 cm³/mol. The van der Waals surface area contributed by atoms with Crippen LogP contribution in [0.2, 0.25) is 0 Å². The van der Waals surface area contributed by atoms with Crippen LogP contribution in [0, 0.1) is 11.7 Å². The number of hydrogen-bond donors (Lipinski definition) is 1. The standard InChI is InChI=1S/C24H24FN7OS/c1-15(2)20-18(25)10-28-22(29-20)32-12-17-13-34-23(30-21(33)16-6-4-3-5-7-16)31-24(17,14-32)19-11-26-8-9-27-19/h3-11,15,17H,12-14H2,1-2H3,(H,30,31,33). The van der Waals surface area contributed by atoms with Gasteiger partial charge in [0.05, 0.1) is 30.3 Å². The van der Waals surface area contributed by atoms with Gasteiger partial charge in [0.1, 0.15) is 5.54 Å². The van der Waals surface area contributed by atoms with Gasteiger partial charge in [-0.25, -0.2) is 19.4 Å². The minimum absolute atomic E-state index is 0.0611. The fourth-order valence-corrected chi connectivity index (χ4v) is 5.52. The summed E-state index contributed by atoms with van der Waals surface area (Å²) in [7, 11) is 0. The Morgan fingerprint density at radius 1 is 1.21 bits per heavy atom. The van der Waals surface area contributed by atoms with E-state index in [0.29, 0.717) is 35.5 Å². The highest BCUT2D eigenvalue weighted by atomic mass is 32.2. The molecule has 0 radical (unpaired) electrons. The summed E-state index contributed by atoms with van der Waals surface area (Å²) in [5, 5.41) is 3.50. The average molecular weight is 478 g/mol. The summed E-state index contributed by atoms with van der Waals surface area (Å²) in [5.74, 6) is 0.602. The smallest absolute Gasteiger partial charge is 0.257 e. The molecule has 2 aliphatic rings. The van der Waals surface area contributed by atoms with Gasteiger partial charge >= 0.3 is 0 Å². The van der Waals surface area contributed by atoms with E-state index in [9.17, 15) is 9.18 Å². The molecule has 0 bridgehead atoms. The molecule has 1 aromatic carbocycles. The number of nitrogens with zero attached hydrogens (tertiary/aromatic N) is 6. The number of benzene rings is 1. The zero-order chi connectivity index (χ0) is 23.7. The van der Waals surface area contributed by atoms with Gasteiger partial charge < -0.3 is 10.2 Å². The summed E-state index contributed by atoms with van der Waals surface area (Å²) in [5.41, 5.74) is 0.951. The monoisotopic (exact) mass is 477 g/mol. The minimum Gasteiger partial charge on any atom is -0.338 e. The maximum absolute atomic E-state index is 14.2. The second kappa shape index (κ2) is 9.09. The van der Waals surface area contributed by atoms with Crippen LogP contribution in [0.5, 0.6) is 0 Å². The summed E-state index contributed by atoms with van der Waals surface area (Å²) in [6.45, 7) is 4.90. The molecule has 10 heteroatoms. The molecule has 3 aromatic rings. The Labute approximate surface area is 201 Å². The summed E-state index contributed by atoms with van der Waals surface area (Å²) < 4.78 is 14.2. The van der Waals surface area contributed by atoms with E-state index in [1.165, 1.54) is 18.0 Å². The largest absolute Gasteiger partial charge is 0.338 e. The first-order valence-corrected chi connectivity index (χ1v) is 12.1. The maximum atomic E-state index is 14.2. The van der Waals surface area contributed by atoms with E-state index in [0.717, 1.165) is 11.4 Å². The molecule has 2 aliphatic heterocycles. The first kappa shape index (κ1) is 22.4. The molecule has 5 rings (SSSR count). The third kappa shape index (κ3) is 4.13. The molecule has 2 aromatic heterocycles. The van der Waals surface area contributed by atoms with Crippen molar-refractivity contribution in [1.82, 2.24) is 25.3 Å². The topological polar surface area (TPSA) is 96.3 Å². The van der Waals surface area contributed by atoms with Crippen molar-refractivity contribution in [2.75, 3.05) is 23.7 Å². The SMILES string of the molecule is CC(C)c1nc(N2CC3CSC(NC(=O)c4ccccc4)=NC3(c3cnccn3)C2)ncc1F. The number of halogens is 1. The number of fused-ring (bicyclic) bond motifs is 1. The average Bonchev–Trinajstić information content (AvgIpc) is 3.25. The van der Waals surface area contributed by atoms with Crippen molar-refractivity contribution in [3.05, 3.63) is 77.9 Å². The van der Waals surface area contributed by atoms with Gasteiger partial charge in [0.2, 0.25) is 5.95 Å². The highest BCUT2D eigenvalue weighted by molar-refractivity contribution is 8.13. The maximum Gasteiger partial charge on any atom is 0.257 e. The number of anilines is 1. The Hall–Kier alpha value is -3.40. The van der Waals surface area contributed by atoms with Gasteiger partial charge in [-0.15, -0.1) is 0 Å². The molecule has 1 fully saturated rings. The Kier molecular flexibility index (Phi) is 5.99. The fraction of sp³-hybridized carbons (Fsp3) is 0.333. The fourth-order valence-electron chi connectivity index (χ4n) is 4.38. The predicted octanol–water partition coefficient (Wildman–Crippen LogP) is 3.39. The highest BCUT2D eigenvalue weighted by Gasteiger charge is 2.52. The van der Waals surface area contributed by atoms with Gasteiger partial charge in [-0.2, -0.15) is 0 Å². The molecule has 1 amide bonds. The molecule has 2 unspecified atom stereocenters. The molecule has 4 heterocycles. The van der Waals surface area contributed by atoms with Crippen molar-refractivity contribution >= 4 is 28.8 Å². The van der Waals surface area contributed by atoms with E-state index in [1.54, 1.807) is 30.7 Å². The van der Waals surface area contributed by atoms with Crippen molar-refractivity contribution in [3.63, 3.8) is 0 Å². The molecular weight excluding hydrogens is 453 g/mol. The number of nitrogens with one attached hydrogen (secondary N) is 1. The van der Waals surface area contributed by atoms with Gasteiger partial charge in [0.15, 0.2) is 11.0 Å². The normalized spacial score (nSPS) is 21.8. The van der Waals surface area contributed by atoms with Crippen LogP contribution in [0.1, 0.15) is 41.5 Å². The van der Waals surface area contributed by atoms with Crippen LogP contribution >= 0.6 is 11.8 Å². The molecule has 174 valence electrons. The quantitative estimate of drug-likeness (QED) is 0.615. The summed E-state index contributed by atoms with van der Waals surface area (Å²) in [6.07, 6.45) is 6.23. The number of amides is 1. The number of rotatable bonds is 4. The number of carbonyl (C=O) groups excluding carboxylic acids is 1. The molecule has 0 aliphatic carbocycles. The van der Waals surface area contributed by atoms with E-state index in [4.69, 9.17) is 4.99 Å². The zero-order valence-corrected chi connectivity index (χ0v) is 19.7. The van der Waals surface area contributed by atoms with Crippen LogP contribution < -0.4 is 10.2 Å². The second-order valence-electron chi connectivity index (χ2n) is 8.70. The van der Waals surface area contributed by atoms with E-state index < -0.39 is 11.4 Å². The Morgan fingerprint density at radius 3 is 2.76 bits per heavy atom. The molecular formula is C24H24FN7OS. The second-order valence-corrected chi connectivity index (χ2v) is 9.71. The van der Waals surface area contributed by atoms with Crippen LogP contribution in [-0.4, -0.2) is 49.9 Å². The molecule has 1 N–H and O–H groups in total. The number of hydrogen-bond acceptors (Lipinski definition) is 8. The van der Waals surface area contributed by atoms with Crippen LogP contribution in [-0.2, 0) is 5.54 Å². The third-order valence-corrected chi connectivity index (χ3v) is 7.16. The Bertz CT molecular complexity index is 1220. The summed E-state index contributed by atoms with van der Waals surface area (Å²) in [4.78, 5) is 37.5. The van der Waals surface area contributed by atoms with Crippen molar-refractivity contribution < 1.29 is 9.18 Å². The Morgan fingerprint density at radius 2 is 2.03 bits per heavy atom. The number of aliphatic imine (C=N–C) groups is 1. The number of aromatic nitrogens is 4. The lowest BCUT2D eigenvalue weighted by Crippen LogP contribution is -2.43. The summed E-state index contributed by atoms with van der Waals surface area (Å²) >= 11 is 1.51. The van der Waals surface area contributed by atoms with Gasteiger partial charge in [-0.3, -0.25) is 14.8 Å². The van der Waals surface area contributed by atoms with Crippen LogP contribution in [0.25, 0.3) is 0 Å². The number of amidine groups is 1. The molecule has 0 saturated carbocycles. The van der Waals surface area contributed by atoms with Crippen LogP contribution in [0.15, 0.2) is 60.1 Å². The van der Waals surface area contributed by atoms with Crippen molar-refractivity contribution in [2.45, 2.75) is 25.3 Å². The van der Waals surface area contributed by atoms with Gasteiger partial charge in [0, 0.05) is 36.2 Å². The van der Waals surface area contributed by atoms with Crippen LogP contribution in [0.4, 0.5) is 10.3 Å². The lowest BCUT2D eigenvalue weighted by atomic mass is 9.86. The Balaban J connectivity index is 1.50. The molecule has 2 atom stereocenters. The van der Waals surface area contributed by atoms with E-state index in [2.05, 4.69) is 25.3 Å². The summed E-state index contributed by atoms with van der Waals surface area (Å²) in [6, 6.07) is 9.04. The molecule has 34 heavy (non-hydrogen) atoms. The first-order valence-electron chi connectivity index (χ1n) is 11.1. The lowest BCUT2D eigenvalue weighted by Gasteiger charge is -2.34. The van der Waals surface area contributed by atoms with Crippen molar-refractivity contribution in [2.24, 2.45) is 10.9 Å². The number of thioether (sulfide) groups is 1. The first-order chi connectivity index (χ1) is 16.5. The van der Waals surface area contributed by atoms with E-state index >= 15 is 0 Å². The van der Waals surface area contributed by atoms with E-state index in [1.807, 2.05) is 36.9 Å². The van der Waals surface area contributed by atoms with Gasteiger partial charge in [0.25, 0.3) is 5.91 Å². The minimum atomic E-state index is -0.728. The molecule has 1 saturated heterocycles. The van der Waals surface area contributed by atoms with Crippen molar-refractivity contribution in [3.8, 4) is 0 Å². The molecule has 0 spiro atoms. The highest BCUT2D eigenvalue weighted by Crippen LogP contribution is 2.45. The van der Waals surface area contributed by atoms with Crippen LogP contribution in [0.3, 0.4) is 0 Å². The lowest BCUT2D eigenvalue weighted by molar-refractivity contribution is 0.0977. The van der Waals surface area contributed by atoms with E-state index in [-0.39, 0.29) is 17.7 Å². The van der Waals surface area contributed by atoms with Crippen molar-refractivity contribution in [1.29, 1.82) is 0 Å². The molecule has 8 nitrogen and oxygen atoms in total. The van der Waals surface area contributed by atoms with Gasteiger partial charge in [-0.1, -0.05) is 43.8 Å². The number of carbonyl (C=O) groups is 1. The third-order valence-electron chi connectivity index (χ3n) is 6.12. The zero-order valence-electron chi connectivity index (χ0n) is 18.8. The van der Waals surface area contributed by atoms with Gasteiger partial charge in [-0.05, 0) is 18.1 Å².